The maximum absolute atomic E-state index is 12.7. The summed E-state index contributed by atoms with van der Waals surface area (Å²) in [6.45, 7) is 2.57. The van der Waals surface area contributed by atoms with Crippen molar-refractivity contribution < 1.29 is 19.4 Å². The Morgan fingerprint density at radius 1 is 1.03 bits per heavy atom. The van der Waals surface area contributed by atoms with Crippen molar-refractivity contribution in [3.05, 3.63) is 65.9 Å². The van der Waals surface area contributed by atoms with Gasteiger partial charge < -0.3 is 19.9 Å². The van der Waals surface area contributed by atoms with Crippen LogP contribution in [0.5, 0.6) is 0 Å². The van der Waals surface area contributed by atoms with Crippen LogP contribution in [0.15, 0.2) is 54.6 Å². The molecule has 29 heavy (non-hydrogen) atoms. The number of aryl methyl sites for hydroxylation is 1. The second-order valence-corrected chi connectivity index (χ2v) is 7.65. The van der Waals surface area contributed by atoms with Crippen molar-refractivity contribution in [2.24, 2.45) is 0 Å². The molecular formula is C23H22N2O4. The number of amides is 1. The van der Waals surface area contributed by atoms with E-state index in [1.54, 1.807) is 0 Å². The minimum Gasteiger partial charge on any atom is -0.388 e. The molecule has 0 unspecified atom stereocenters. The molecular weight excluding hydrogens is 368 g/mol. The van der Waals surface area contributed by atoms with Crippen LogP contribution in [0, 0.1) is 6.92 Å². The lowest BCUT2D eigenvalue weighted by Gasteiger charge is -2.17. The van der Waals surface area contributed by atoms with Crippen LogP contribution >= 0.6 is 0 Å². The van der Waals surface area contributed by atoms with Crippen molar-refractivity contribution in [1.29, 1.82) is 0 Å². The Morgan fingerprint density at radius 2 is 1.83 bits per heavy atom. The third-order valence-corrected chi connectivity index (χ3v) is 5.67. The molecule has 3 aromatic rings. The van der Waals surface area contributed by atoms with Crippen molar-refractivity contribution in [2.45, 2.75) is 31.3 Å². The van der Waals surface area contributed by atoms with E-state index in [2.05, 4.69) is 22.4 Å². The first-order valence-corrected chi connectivity index (χ1v) is 9.79. The molecule has 6 nitrogen and oxygen atoms in total. The average molecular weight is 390 g/mol. The van der Waals surface area contributed by atoms with E-state index >= 15 is 0 Å². The van der Waals surface area contributed by atoms with E-state index in [0.29, 0.717) is 12.2 Å². The molecule has 1 amide bonds. The number of ether oxygens (including phenoxy) is 2. The van der Waals surface area contributed by atoms with Gasteiger partial charge in [0.15, 0.2) is 0 Å². The number of carbonyl (C=O) groups excluding carboxylic acids is 1. The summed E-state index contributed by atoms with van der Waals surface area (Å²) in [5, 5.41) is 13.9. The Hall–Kier alpha value is -2.80. The molecule has 0 radical (unpaired) electrons. The molecule has 2 fully saturated rings. The fourth-order valence-electron chi connectivity index (χ4n) is 4.16. The standard InChI is InChI=1S/C23H22N2O4/c1-13-5-10-17-16(3-2-4-18(17)24-13)14-6-8-15(9-7-14)23(27)25-19-11-28-22-20(26)12-29-21(19)22/h2-10,19-22,26H,11-12H2,1H3,(H,25,27)/t19-,20-,21-,22-/m1/s1. The van der Waals surface area contributed by atoms with Crippen LogP contribution in [0.3, 0.4) is 0 Å². The highest BCUT2D eigenvalue weighted by Gasteiger charge is 2.47. The minimum absolute atomic E-state index is 0.175. The van der Waals surface area contributed by atoms with E-state index in [-0.39, 0.29) is 30.8 Å². The molecule has 0 saturated carbocycles. The van der Waals surface area contributed by atoms with Gasteiger partial charge in [0.25, 0.3) is 5.91 Å². The summed E-state index contributed by atoms with van der Waals surface area (Å²) in [5.41, 5.74) is 4.63. The zero-order valence-electron chi connectivity index (χ0n) is 16.0. The van der Waals surface area contributed by atoms with Crippen molar-refractivity contribution in [3.63, 3.8) is 0 Å². The second-order valence-electron chi connectivity index (χ2n) is 7.65. The Bertz CT molecular complexity index is 1070. The molecule has 0 spiro atoms. The molecule has 2 aliphatic heterocycles. The largest absolute Gasteiger partial charge is 0.388 e. The van der Waals surface area contributed by atoms with Gasteiger partial charge in [-0.05, 0) is 42.3 Å². The van der Waals surface area contributed by atoms with Crippen LogP contribution in [-0.4, -0.2) is 53.6 Å². The highest BCUT2D eigenvalue weighted by molar-refractivity contribution is 5.97. The van der Waals surface area contributed by atoms with E-state index in [1.165, 1.54) is 0 Å². The molecule has 0 aliphatic carbocycles. The Balaban J connectivity index is 1.35. The monoisotopic (exact) mass is 390 g/mol. The smallest absolute Gasteiger partial charge is 0.251 e. The van der Waals surface area contributed by atoms with E-state index in [1.807, 2.05) is 49.4 Å². The molecule has 6 heteroatoms. The number of pyridine rings is 1. The van der Waals surface area contributed by atoms with Gasteiger partial charge in [0.1, 0.15) is 18.3 Å². The number of rotatable bonds is 3. The number of aliphatic hydroxyl groups is 1. The molecule has 2 N–H and O–H groups in total. The molecule has 148 valence electrons. The zero-order valence-corrected chi connectivity index (χ0v) is 16.0. The van der Waals surface area contributed by atoms with E-state index in [0.717, 1.165) is 27.7 Å². The van der Waals surface area contributed by atoms with Crippen molar-refractivity contribution in [1.82, 2.24) is 10.3 Å². The van der Waals surface area contributed by atoms with Crippen LogP contribution in [-0.2, 0) is 9.47 Å². The quantitative estimate of drug-likeness (QED) is 0.718. The number of carbonyl (C=O) groups is 1. The van der Waals surface area contributed by atoms with Crippen molar-refractivity contribution in [2.75, 3.05) is 13.2 Å². The summed E-state index contributed by atoms with van der Waals surface area (Å²) in [6, 6.07) is 17.5. The normalized spacial score (nSPS) is 25.9. The van der Waals surface area contributed by atoms with Crippen molar-refractivity contribution >= 4 is 16.8 Å². The molecule has 0 bridgehead atoms. The fourth-order valence-corrected chi connectivity index (χ4v) is 4.16. The number of nitrogens with one attached hydrogen (secondary N) is 1. The van der Waals surface area contributed by atoms with E-state index in [4.69, 9.17) is 9.47 Å². The second kappa shape index (κ2) is 7.22. The third kappa shape index (κ3) is 3.29. The maximum atomic E-state index is 12.7. The van der Waals surface area contributed by atoms with E-state index in [9.17, 15) is 9.90 Å². The predicted octanol–water partition coefficient (Wildman–Crippen LogP) is 2.47. The summed E-state index contributed by atoms with van der Waals surface area (Å²) in [7, 11) is 0. The van der Waals surface area contributed by atoms with Gasteiger partial charge in [-0.3, -0.25) is 9.78 Å². The molecule has 5 rings (SSSR count). The van der Waals surface area contributed by atoms with Crippen LogP contribution in [0.1, 0.15) is 16.1 Å². The predicted molar refractivity (Wildman–Crippen MR) is 109 cm³/mol. The number of hydrogen-bond donors (Lipinski definition) is 2. The van der Waals surface area contributed by atoms with Crippen LogP contribution in [0.4, 0.5) is 0 Å². The van der Waals surface area contributed by atoms with Gasteiger partial charge in [-0.2, -0.15) is 0 Å². The van der Waals surface area contributed by atoms with Gasteiger partial charge in [0, 0.05) is 16.6 Å². The lowest BCUT2D eigenvalue weighted by molar-refractivity contribution is 0.0178. The number of aliphatic hydroxyl groups excluding tert-OH is 1. The summed E-state index contributed by atoms with van der Waals surface area (Å²) >= 11 is 0. The summed E-state index contributed by atoms with van der Waals surface area (Å²) in [6.07, 6.45) is -1.27. The molecule has 1 aromatic heterocycles. The first kappa shape index (κ1) is 18.2. The highest BCUT2D eigenvalue weighted by Crippen LogP contribution is 2.29. The average Bonchev–Trinajstić information content (AvgIpc) is 3.30. The molecule has 2 aromatic carbocycles. The molecule has 2 saturated heterocycles. The number of aromatic nitrogens is 1. The molecule has 3 heterocycles. The number of benzene rings is 2. The zero-order chi connectivity index (χ0) is 20.0. The van der Waals surface area contributed by atoms with Gasteiger partial charge in [-0.15, -0.1) is 0 Å². The first-order valence-electron chi connectivity index (χ1n) is 9.79. The van der Waals surface area contributed by atoms with Crippen LogP contribution in [0.2, 0.25) is 0 Å². The summed E-state index contributed by atoms with van der Waals surface area (Å²) in [4.78, 5) is 17.3. The lowest BCUT2D eigenvalue weighted by atomic mass is 9.99. The Morgan fingerprint density at radius 3 is 2.66 bits per heavy atom. The summed E-state index contributed by atoms with van der Waals surface area (Å²) in [5.74, 6) is -0.175. The van der Waals surface area contributed by atoms with Gasteiger partial charge in [0.05, 0.1) is 24.8 Å². The van der Waals surface area contributed by atoms with E-state index < -0.39 is 6.10 Å². The van der Waals surface area contributed by atoms with Gasteiger partial charge in [-0.25, -0.2) is 0 Å². The topological polar surface area (TPSA) is 80.7 Å². The minimum atomic E-state index is -0.625. The molecule has 4 atom stereocenters. The Labute approximate surface area is 168 Å². The highest BCUT2D eigenvalue weighted by atomic mass is 16.6. The maximum Gasteiger partial charge on any atom is 0.251 e. The Kier molecular flexibility index (Phi) is 4.54. The third-order valence-electron chi connectivity index (χ3n) is 5.67. The van der Waals surface area contributed by atoms with Gasteiger partial charge in [-0.1, -0.05) is 30.3 Å². The number of nitrogens with zero attached hydrogens (tertiary/aromatic N) is 1. The van der Waals surface area contributed by atoms with Crippen molar-refractivity contribution in [3.8, 4) is 11.1 Å². The van der Waals surface area contributed by atoms with Gasteiger partial charge >= 0.3 is 0 Å². The molecule has 2 aliphatic rings. The van der Waals surface area contributed by atoms with Crippen LogP contribution < -0.4 is 5.32 Å². The number of hydrogen-bond acceptors (Lipinski definition) is 5. The SMILES string of the molecule is Cc1ccc2c(-c3ccc(C(=O)N[C@@H]4CO[C@H]5[C@@H]4OC[C@H]5O)cc3)cccc2n1. The van der Waals surface area contributed by atoms with Crippen LogP contribution in [0.25, 0.3) is 22.0 Å². The first-order chi connectivity index (χ1) is 14.1. The summed E-state index contributed by atoms with van der Waals surface area (Å²) < 4.78 is 11.1. The number of fused-ring (bicyclic) bond motifs is 2. The fraction of sp³-hybridized carbons (Fsp3) is 0.304. The van der Waals surface area contributed by atoms with Gasteiger partial charge in [0.2, 0.25) is 0 Å². The lowest BCUT2D eigenvalue weighted by Crippen LogP contribution is -2.44.